The molecule has 0 amide bonds. The molecule has 2 heterocycles. The van der Waals surface area contributed by atoms with Gasteiger partial charge in [-0.25, -0.2) is 18.2 Å². The Hall–Kier alpha value is 0.0500. The van der Waals surface area contributed by atoms with Crippen molar-refractivity contribution >= 4 is 23.5 Å². The van der Waals surface area contributed by atoms with Crippen LogP contribution < -0.4 is 45.7 Å². The zero-order valence-corrected chi connectivity index (χ0v) is 19.7. The Morgan fingerprint density at radius 2 is 1.83 bits per heavy atom. The fourth-order valence-electron chi connectivity index (χ4n) is 2.29. The number of hydrogen-bond donors (Lipinski definition) is 4. The fraction of sp³-hybridized carbons (Fsp3) is 0.600. The Balaban J connectivity index is 0.00000420. The minimum atomic E-state index is -5.73. The van der Waals surface area contributed by atoms with Gasteiger partial charge in [0.05, 0.1) is 12.7 Å². The first-order valence-corrected chi connectivity index (χ1v) is 11.9. The maximum absolute atomic E-state index is 11.8. The molecule has 1 aliphatic heterocycles. The molecule has 0 radical (unpaired) electrons. The van der Waals surface area contributed by atoms with Crippen LogP contribution in [0.5, 0.6) is 0 Å². The molecule has 19 heteroatoms. The van der Waals surface area contributed by atoms with Crippen molar-refractivity contribution < 1.29 is 80.7 Å². The van der Waals surface area contributed by atoms with E-state index < -0.39 is 53.7 Å². The molecule has 3 unspecified atom stereocenters. The molecule has 2 rings (SSSR count). The van der Waals surface area contributed by atoms with Gasteiger partial charge in [-0.05, 0) is 19.8 Å². The number of phosphoric acid groups is 3. The molecular formula is C10H16N2NaO13P3. The van der Waals surface area contributed by atoms with Gasteiger partial charge in [0.15, 0.2) is 0 Å². The van der Waals surface area contributed by atoms with Crippen molar-refractivity contribution in [3.8, 4) is 0 Å². The zero-order valence-electron chi connectivity index (χ0n) is 15.1. The summed E-state index contributed by atoms with van der Waals surface area (Å²) in [7, 11) is -16.7. The summed E-state index contributed by atoms with van der Waals surface area (Å²) in [5.41, 5.74) is -1.02. The topological polar surface area (TPSA) is 227 Å². The molecule has 1 fully saturated rings. The first-order chi connectivity index (χ1) is 12.7. The van der Waals surface area contributed by atoms with Crippen molar-refractivity contribution in [2.75, 3.05) is 6.61 Å². The second-order valence-corrected chi connectivity index (χ2v) is 10.0. The van der Waals surface area contributed by atoms with Crippen LogP contribution in [0, 0.1) is 6.92 Å². The molecule has 15 nitrogen and oxygen atoms in total. The van der Waals surface area contributed by atoms with E-state index in [-0.39, 0.29) is 48.0 Å². The second kappa shape index (κ2) is 10.1. The average molecular weight is 488 g/mol. The number of aromatic nitrogens is 2. The van der Waals surface area contributed by atoms with Crippen LogP contribution >= 0.6 is 23.5 Å². The van der Waals surface area contributed by atoms with E-state index in [1.165, 1.54) is 13.1 Å². The molecule has 0 aliphatic carbocycles. The summed E-state index contributed by atoms with van der Waals surface area (Å²) in [6, 6.07) is 0. The third-order valence-electron chi connectivity index (χ3n) is 3.38. The van der Waals surface area contributed by atoms with E-state index in [0.29, 0.717) is 0 Å². The summed E-state index contributed by atoms with van der Waals surface area (Å²) < 4.78 is 51.3. The summed E-state index contributed by atoms with van der Waals surface area (Å²) in [5.74, 6) is 0. The van der Waals surface area contributed by atoms with Crippen molar-refractivity contribution in [2.24, 2.45) is 0 Å². The second-order valence-electron chi connectivity index (χ2n) is 5.63. The van der Waals surface area contributed by atoms with Gasteiger partial charge in [0.25, 0.3) is 13.4 Å². The molecule has 4 N–H and O–H groups in total. The first-order valence-electron chi connectivity index (χ1n) is 7.41. The summed E-state index contributed by atoms with van der Waals surface area (Å²) in [6.07, 6.45) is 0.167. The summed E-state index contributed by atoms with van der Waals surface area (Å²) in [4.78, 5) is 62.4. The molecule has 160 valence electrons. The van der Waals surface area contributed by atoms with Crippen LogP contribution in [-0.2, 0) is 31.6 Å². The number of rotatable bonds is 8. The normalized spacial score (nSPS) is 25.4. The van der Waals surface area contributed by atoms with Crippen molar-refractivity contribution in [1.82, 2.24) is 9.55 Å². The van der Waals surface area contributed by atoms with E-state index in [1.807, 2.05) is 0 Å². The van der Waals surface area contributed by atoms with Gasteiger partial charge in [-0.3, -0.25) is 23.4 Å². The van der Waals surface area contributed by atoms with Crippen LogP contribution in [0.15, 0.2) is 15.8 Å². The first kappa shape index (κ1) is 27.1. The maximum atomic E-state index is 11.8. The minimum Gasteiger partial charge on any atom is -0.756 e. The quantitative estimate of drug-likeness (QED) is 0.204. The monoisotopic (exact) mass is 488 g/mol. The number of phosphoric ester groups is 1. The van der Waals surface area contributed by atoms with Gasteiger partial charge >= 0.3 is 50.9 Å². The SMILES string of the molecule is Cc1cn([C@@H]2CC[C@H](COP(=O)(O)OP(=O)(O)OP(=O)([O-])O)O2)c(=O)[nH]c1=O.[Na+]. The molecule has 29 heavy (non-hydrogen) atoms. The number of hydrogen-bond acceptors (Lipinski definition) is 10. The van der Waals surface area contributed by atoms with Crippen LogP contribution in [0.25, 0.3) is 0 Å². The van der Waals surface area contributed by atoms with E-state index in [0.717, 1.165) is 4.57 Å². The van der Waals surface area contributed by atoms with Crippen molar-refractivity contribution in [3.63, 3.8) is 0 Å². The molecule has 0 spiro atoms. The van der Waals surface area contributed by atoms with Crippen LogP contribution in [0.1, 0.15) is 24.6 Å². The third-order valence-corrected chi connectivity index (χ3v) is 7.15. The fourth-order valence-corrected chi connectivity index (χ4v) is 5.31. The molecule has 1 saturated heterocycles. The molecule has 1 aromatic heterocycles. The van der Waals surface area contributed by atoms with Crippen LogP contribution in [0.2, 0.25) is 0 Å². The van der Waals surface area contributed by atoms with Crippen molar-refractivity contribution in [2.45, 2.75) is 32.1 Å². The molecular weight excluding hydrogens is 472 g/mol. The minimum absolute atomic E-state index is 0. The van der Waals surface area contributed by atoms with Gasteiger partial charge < -0.3 is 24.3 Å². The third kappa shape index (κ3) is 8.60. The number of nitrogens with one attached hydrogen (secondary N) is 1. The van der Waals surface area contributed by atoms with Gasteiger partial charge in [-0.1, -0.05) is 0 Å². The number of nitrogens with zero attached hydrogens (tertiary/aromatic N) is 1. The van der Waals surface area contributed by atoms with Crippen LogP contribution in [0.4, 0.5) is 0 Å². The predicted octanol–water partition coefficient (Wildman–Crippen LogP) is -3.76. The van der Waals surface area contributed by atoms with Gasteiger partial charge in [-0.2, -0.15) is 4.31 Å². The van der Waals surface area contributed by atoms with E-state index in [4.69, 9.17) is 14.5 Å². The maximum Gasteiger partial charge on any atom is 1.00 e. The Morgan fingerprint density at radius 3 is 2.41 bits per heavy atom. The zero-order chi connectivity index (χ0) is 21.3. The van der Waals surface area contributed by atoms with Crippen molar-refractivity contribution in [1.29, 1.82) is 0 Å². The predicted molar refractivity (Wildman–Crippen MR) is 86.8 cm³/mol. The van der Waals surface area contributed by atoms with Crippen LogP contribution in [0.3, 0.4) is 0 Å². The molecule has 1 aromatic rings. The molecule has 1 aliphatic rings. The molecule has 5 atom stereocenters. The van der Waals surface area contributed by atoms with Crippen LogP contribution in [-0.4, -0.2) is 36.9 Å². The van der Waals surface area contributed by atoms with E-state index in [1.54, 1.807) is 0 Å². The summed E-state index contributed by atoms with van der Waals surface area (Å²) >= 11 is 0. The largest absolute Gasteiger partial charge is 1.00 e. The van der Waals surface area contributed by atoms with Gasteiger partial charge in [-0.15, -0.1) is 0 Å². The smallest absolute Gasteiger partial charge is 0.756 e. The summed E-state index contributed by atoms with van der Waals surface area (Å²) in [6.45, 7) is 0.849. The van der Waals surface area contributed by atoms with Gasteiger partial charge in [0.1, 0.15) is 6.23 Å². The number of aryl methyl sites for hydroxylation is 1. The van der Waals surface area contributed by atoms with Gasteiger partial charge in [0, 0.05) is 11.8 Å². The van der Waals surface area contributed by atoms with Gasteiger partial charge in [0.2, 0.25) is 0 Å². The number of aromatic amines is 1. The Kier molecular flexibility index (Phi) is 9.44. The molecule has 0 bridgehead atoms. The Morgan fingerprint density at radius 1 is 1.21 bits per heavy atom. The Labute approximate surface area is 184 Å². The average Bonchev–Trinajstić information content (AvgIpc) is 2.94. The van der Waals surface area contributed by atoms with E-state index in [2.05, 4.69) is 18.1 Å². The summed E-state index contributed by atoms with van der Waals surface area (Å²) in [5, 5.41) is 0. The standard InChI is InChI=1S/C10H17N2O13P3.Na/c1-6-4-12(10(14)11-9(6)13)8-3-2-7(23-8)5-22-27(18,19)25-28(20,21)24-26(15,16)17;/h4,7-8H,2-3,5H2,1H3,(H,18,19)(H,20,21)(H,11,13,14)(H2,15,16,17);/q;+1/p-1/t7-,8+;/m1./s1. The number of ether oxygens (including phenoxy) is 1. The Bertz CT molecular complexity index is 986. The van der Waals surface area contributed by atoms with Crippen molar-refractivity contribution in [3.05, 3.63) is 32.6 Å². The molecule has 0 saturated carbocycles. The van der Waals surface area contributed by atoms with E-state index in [9.17, 15) is 33.1 Å². The van der Waals surface area contributed by atoms with E-state index >= 15 is 0 Å². The molecule has 0 aromatic carbocycles. The number of H-pyrrole nitrogens is 1.